The summed E-state index contributed by atoms with van der Waals surface area (Å²) in [4.78, 5) is 0. The number of sulfone groups is 1. The Kier molecular flexibility index (Phi) is 3.30. The van der Waals surface area contributed by atoms with Crippen molar-refractivity contribution in [3.63, 3.8) is 0 Å². The second-order valence-corrected chi connectivity index (χ2v) is 6.59. The van der Waals surface area contributed by atoms with Crippen LogP contribution in [-0.2, 0) is 16.4 Å². The largest absolute Gasteiger partial charge is 0.326 e. The summed E-state index contributed by atoms with van der Waals surface area (Å²) in [6.45, 7) is 0.479. The summed E-state index contributed by atoms with van der Waals surface area (Å²) in [6.07, 6.45) is 1.72. The summed E-state index contributed by atoms with van der Waals surface area (Å²) in [5.41, 5.74) is 7.87. The molecule has 16 heavy (non-hydrogen) atoms. The monoisotopic (exact) mass is 239 g/mol. The van der Waals surface area contributed by atoms with E-state index in [0.29, 0.717) is 12.3 Å². The van der Waals surface area contributed by atoms with E-state index in [-0.39, 0.29) is 11.7 Å². The van der Waals surface area contributed by atoms with Gasteiger partial charge in [0.1, 0.15) is 0 Å². The molecule has 1 fully saturated rings. The predicted octanol–water partition coefficient (Wildman–Crippen LogP) is 1.44. The van der Waals surface area contributed by atoms with Crippen LogP contribution in [0, 0.1) is 0 Å². The van der Waals surface area contributed by atoms with Gasteiger partial charge in [-0.05, 0) is 29.9 Å². The summed E-state index contributed by atoms with van der Waals surface area (Å²) in [5, 5.41) is 0. The van der Waals surface area contributed by atoms with E-state index in [0.717, 1.165) is 24.0 Å². The van der Waals surface area contributed by atoms with Crippen LogP contribution in [-0.4, -0.2) is 19.9 Å². The third-order valence-corrected chi connectivity index (χ3v) is 5.00. The molecule has 0 aliphatic carbocycles. The van der Waals surface area contributed by atoms with Crippen LogP contribution in [0.4, 0.5) is 0 Å². The normalized spacial score (nSPS) is 24.2. The highest BCUT2D eigenvalue weighted by atomic mass is 32.2. The van der Waals surface area contributed by atoms with E-state index >= 15 is 0 Å². The number of rotatable bonds is 2. The molecule has 0 spiro atoms. The Balaban J connectivity index is 2.30. The summed E-state index contributed by atoms with van der Waals surface area (Å²) >= 11 is 0. The fraction of sp³-hybridized carbons (Fsp3) is 0.500. The molecule has 0 amide bonds. The molecule has 4 heteroatoms. The van der Waals surface area contributed by atoms with E-state index in [4.69, 9.17) is 5.73 Å². The summed E-state index contributed by atoms with van der Waals surface area (Å²) in [7, 11) is -2.85. The van der Waals surface area contributed by atoms with Crippen molar-refractivity contribution >= 4 is 9.84 Å². The first-order chi connectivity index (χ1) is 7.62. The maximum absolute atomic E-state index is 11.6. The van der Waals surface area contributed by atoms with Crippen molar-refractivity contribution in [3.05, 3.63) is 35.4 Å². The molecule has 1 aliphatic heterocycles. The molecule has 0 saturated carbocycles. The summed E-state index contributed by atoms with van der Waals surface area (Å²) in [5.74, 6) is 0.761. The molecule has 1 aliphatic rings. The smallest absolute Gasteiger partial charge is 0.150 e. The number of nitrogens with two attached hydrogens (primary N) is 1. The predicted molar refractivity (Wildman–Crippen MR) is 65.0 cm³/mol. The van der Waals surface area contributed by atoms with Crippen molar-refractivity contribution < 1.29 is 8.42 Å². The molecule has 0 aromatic heterocycles. The van der Waals surface area contributed by atoms with E-state index in [9.17, 15) is 8.42 Å². The molecule has 1 unspecified atom stereocenters. The lowest BCUT2D eigenvalue weighted by Crippen LogP contribution is -2.24. The maximum atomic E-state index is 11.6. The van der Waals surface area contributed by atoms with Gasteiger partial charge in [0.2, 0.25) is 0 Å². The van der Waals surface area contributed by atoms with Crippen molar-refractivity contribution in [2.45, 2.75) is 25.3 Å². The van der Waals surface area contributed by atoms with Crippen molar-refractivity contribution in [2.75, 3.05) is 11.5 Å². The third kappa shape index (κ3) is 2.44. The Hall–Kier alpha value is -0.870. The minimum Gasteiger partial charge on any atom is -0.326 e. The van der Waals surface area contributed by atoms with Gasteiger partial charge in [0.05, 0.1) is 11.5 Å². The maximum Gasteiger partial charge on any atom is 0.150 e. The first-order valence-electron chi connectivity index (χ1n) is 5.61. The zero-order valence-corrected chi connectivity index (χ0v) is 10.0. The van der Waals surface area contributed by atoms with E-state index in [1.807, 2.05) is 24.3 Å². The molecule has 1 aromatic rings. The van der Waals surface area contributed by atoms with Crippen molar-refractivity contribution in [1.29, 1.82) is 0 Å². The Morgan fingerprint density at radius 2 is 2.06 bits per heavy atom. The van der Waals surface area contributed by atoms with Crippen LogP contribution < -0.4 is 5.73 Å². The SMILES string of the molecule is NCc1ccccc1C1CCCS(=O)(=O)C1. The van der Waals surface area contributed by atoms with Crippen LogP contribution in [0.3, 0.4) is 0 Å². The van der Waals surface area contributed by atoms with Crippen LogP contribution >= 0.6 is 0 Å². The summed E-state index contributed by atoms with van der Waals surface area (Å²) < 4.78 is 23.2. The van der Waals surface area contributed by atoms with Gasteiger partial charge in [-0.2, -0.15) is 0 Å². The molecule has 1 heterocycles. The van der Waals surface area contributed by atoms with E-state index in [2.05, 4.69) is 0 Å². The van der Waals surface area contributed by atoms with E-state index in [1.165, 1.54) is 0 Å². The molecule has 3 nitrogen and oxygen atoms in total. The number of hydrogen-bond donors (Lipinski definition) is 1. The van der Waals surface area contributed by atoms with Crippen LogP contribution in [0.15, 0.2) is 24.3 Å². The lowest BCUT2D eigenvalue weighted by atomic mass is 9.92. The van der Waals surface area contributed by atoms with Gasteiger partial charge in [-0.3, -0.25) is 0 Å². The molecular weight excluding hydrogens is 222 g/mol. The van der Waals surface area contributed by atoms with Crippen molar-refractivity contribution in [2.24, 2.45) is 5.73 Å². The second kappa shape index (κ2) is 4.55. The van der Waals surface area contributed by atoms with Gasteiger partial charge in [-0.25, -0.2) is 8.42 Å². The third-order valence-electron chi connectivity index (χ3n) is 3.18. The lowest BCUT2D eigenvalue weighted by molar-refractivity contribution is 0.553. The number of hydrogen-bond acceptors (Lipinski definition) is 3. The molecular formula is C12H17NO2S. The number of benzene rings is 1. The lowest BCUT2D eigenvalue weighted by Gasteiger charge is -2.24. The highest BCUT2D eigenvalue weighted by Crippen LogP contribution is 2.30. The van der Waals surface area contributed by atoms with E-state index < -0.39 is 9.84 Å². The molecule has 88 valence electrons. The van der Waals surface area contributed by atoms with Gasteiger partial charge in [0.15, 0.2) is 9.84 Å². The molecule has 1 aromatic carbocycles. The molecule has 1 saturated heterocycles. The van der Waals surface area contributed by atoms with Crippen LogP contribution in [0.1, 0.15) is 29.9 Å². The second-order valence-electron chi connectivity index (χ2n) is 4.36. The Morgan fingerprint density at radius 3 is 2.75 bits per heavy atom. The van der Waals surface area contributed by atoms with Gasteiger partial charge < -0.3 is 5.73 Å². The molecule has 1 atom stereocenters. The Morgan fingerprint density at radius 1 is 1.31 bits per heavy atom. The zero-order valence-electron chi connectivity index (χ0n) is 9.22. The fourth-order valence-corrected chi connectivity index (χ4v) is 4.12. The minimum absolute atomic E-state index is 0.137. The van der Waals surface area contributed by atoms with E-state index in [1.54, 1.807) is 0 Å². The molecule has 2 rings (SSSR count). The minimum atomic E-state index is -2.85. The average Bonchev–Trinajstić information content (AvgIpc) is 2.27. The van der Waals surface area contributed by atoms with Gasteiger partial charge >= 0.3 is 0 Å². The summed E-state index contributed by atoms with van der Waals surface area (Å²) in [6, 6.07) is 7.89. The quantitative estimate of drug-likeness (QED) is 0.849. The zero-order chi connectivity index (χ0) is 11.6. The highest BCUT2D eigenvalue weighted by molar-refractivity contribution is 7.91. The van der Waals surface area contributed by atoms with Gasteiger partial charge in [0.25, 0.3) is 0 Å². The Labute approximate surface area is 96.6 Å². The molecule has 0 bridgehead atoms. The topological polar surface area (TPSA) is 60.2 Å². The average molecular weight is 239 g/mol. The standard InChI is InChI=1S/C12H17NO2S/c13-8-10-4-1-2-6-12(10)11-5-3-7-16(14,15)9-11/h1-2,4,6,11H,3,5,7-9,13H2. The van der Waals surface area contributed by atoms with Gasteiger partial charge in [-0.15, -0.1) is 0 Å². The first kappa shape index (κ1) is 11.6. The Bertz CT molecular complexity index is 468. The first-order valence-corrected chi connectivity index (χ1v) is 7.43. The van der Waals surface area contributed by atoms with Gasteiger partial charge in [-0.1, -0.05) is 24.3 Å². The van der Waals surface area contributed by atoms with Crippen molar-refractivity contribution in [3.8, 4) is 0 Å². The highest BCUT2D eigenvalue weighted by Gasteiger charge is 2.26. The fourth-order valence-electron chi connectivity index (χ4n) is 2.39. The van der Waals surface area contributed by atoms with Crippen LogP contribution in [0.2, 0.25) is 0 Å². The van der Waals surface area contributed by atoms with Crippen LogP contribution in [0.5, 0.6) is 0 Å². The van der Waals surface area contributed by atoms with Crippen LogP contribution in [0.25, 0.3) is 0 Å². The van der Waals surface area contributed by atoms with Gasteiger partial charge in [0, 0.05) is 6.54 Å². The van der Waals surface area contributed by atoms with Crippen molar-refractivity contribution in [1.82, 2.24) is 0 Å². The molecule has 2 N–H and O–H groups in total. The molecule has 0 radical (unpaired) electrons.